The van der Waals surface area contributed by atoms with Crippen molar-refractivity contribution in [3.63, 3.8) is 0 Å². The predicted molar refractivity (Wildman–Crippen MR) is 102 cm³/mol. The van der Waals surface area contributed by atoms with E-state index in [1.54, 1.807) is 42.5 Å². The second kappa shape index (κ2) is 8.62. The third-order valence-electron chi connectivity index (χ3n) is 3.80. The number of ether oxygens (including phenoxy) is 2. The van der Waals surface area contributed by atoms with Crippen LogP contribution < -0.4 is 20.1 Å². The van der Waals surface area contributed by atoms with E-state index >= 15 is 0 Å². The lowest BCUT2D eigenvalue weighted by molar-refractivity contribution is -0.117. The first kappa shape index (κ1) is 18.1. The lowest BCUT2D eigenvalue weighted by atomic mass is 10.2. The molecule has 0 bridgehead atoms. The summed E-state index contributed by atoms with van der Waals surface area (Å²) in [6.45, 7) is 0.993. The normalized spacial score (nSPS) is 13.6. The van der Waals surface area contributed by atoms with Gasteiger partial charge in [0.25, 0.3) is 5.91 Å². The number of hydrogen-bond donors (Lipinski definition) is 2. The fourth-order valence-corrected chi connectivity index (χ4v) is 3.10. The summed E-state index contributed by atoms with van der Waals surface area (Å²) in [4.78, 5) is 25.0. The van der Waals surface area contributed by atoms with Crippen LogP contribution in [-0.2, 0) is 4.79 Å². The molecule has 0 fully saturated rings. The predicted octanol–water partition coefficient (Wildman–Crippen LogP) is 2.56. The minimum absolute atomic E-state index is 0.276. The van der Waals surface area contributed by atoms with Crippen LogP contribution in [0.1, 0.15) is 10.4 Å². The van der Waals surface area contributed by atoms with Gasteiger partial charge in [0.1, 0.15) is 19.3 Å². The Labute approximate surface area is 156 Å². The number of benzene rings is 2. The Balaban J connectivity index is 1.67. The molecular weight excluding hydrogens is 352 g/mol. The van der Waals surface area contributed by atoms with Gasteiger partial charge in [-0.25, -0.2) is 0 Å². The number of hydrogen-bond acceptors (Lipinski definition) is 5. The van der Waals surface area contributed by atoms with Gasteiger partial charge in [0.05, 0.1) is 0 Å². The summed E-state index contributed by atoms with van der Waals surface area (Å²) in [6.07, 6.45) is 1.89. The fraction of sp³-hybridized carbons (Fsp3) is 0.263. The Morgan fingerprint density at radius 3 is 2.54 bits per heavy atom. The van der Waals surface area contributed by atoms with Crippen molar-refractivity contribution < 1.29 is 19.1 Å². The van der Waals surface area contributed by atoms with Crippen LogP contribution in [-0.4, -0.2) is 43.1 Å². The van der Waals surface area contributed by atoms with E-state index < -0.39 is 6.04 Å². The van der Waals surface area contributed by atoms with E-state index in [0.29, 0.717) is 41.7 Å². The van der Waals surface area contributed by atoms with Crippen LogP contribution in [0.4, 0.5) is 5.69 Å². The number of rotatable bonds is 6. The Kier molecular flexibility index (Phi) is 6.01. The summed E-state index contributed by atoms with van der Waals surface area (Å²) in [7, 11) is 0. The Hall–Kier alpha value is -2.67. The first-order valence-electron chi connectivity index (χ1n) is 8.23. The van der Waals surface area contributed by atoms with Gasteiger partial charge in [-0.2, -0.15) is 11.8 Å². The smallest absolute Gasteiger partial charge is 0.251 e. The first-order chi connectivity index (χ1) is 12.7. The van der Waals surface area contributed by atoms with Gasteiger partial charge in [0, 0.05) is 23.1 Å². The van der Waals surface area contributed by atoms with Gasteiger partial charge in [-0.05, 0) is 30.5 Å². The molecule has 0 aromatic heterocycles. The van der Waals surface area contributed by atoms with Crippen molar-refractivity contribution in [1.29, 1.82) is 0 Å². The molecule has 0 aliphatic carbocycles. The Morgan fingerprint density at radius 2 is 1.81 bits per heavy atom. The molecule has 6 nitrogen and oxygen atoms in total. The van der Waals surface area contributed by atoms with Crippen LogP contribution >= 0.6 is 11.8 Å². The summed E-state index contributed by atoms with van der Waals surface area (Å²) >= 11 is 1.49. The van der Waals surface area contributed by atoms with Crippen LogP contribution in [0.5, 0.6) is 11.5 Å². The molecule has 1 unspecified atom stereocenters. The van der Waals surface area contributed by atoms with Crippen molar-refractivity contribution in [2.24, 2.45) is 0 Å². The monoisotopic (exact) mass is 372 g/mol. The molecule has 1 aliphatic rings. The molecule has 7 heteroatoms. The second-order valence-electron chi connectivity index (χ2n) is 5.70. The lowest BCUT2D eigenvalue weighted by Gasteiger charge is -2.20. The largest absolute Gasteiger partial charge is 0.486 e. The van der Waals surface area contributed by atoms with E-state index in [1.165, 1.54) is 11.8 Å². The van der Waals surface area contributed by atoms with Gasteiger partial charge in [-0.3, -0.25) is 9.59 Å². The molecule has 26 heavy (non-hydrogen) atoms. The molecule has 0 spiro atoms. The van der Waals surface area contributed by atoms with E-state index in [1.807, 2.05) is 12.3 Å². The molecule has 1 heterocycles. The number of carbonyl (C=O) groups excluding carboxylic acids is 2. The van der Waals surface area contributed by atoms with Crippen LogP contribution in [0.15, 0.2) is 48.5 Å². The maximum Gasteiger partial charge on any atom is 0.251 e. The molecule has 2 aromatic carbocycles. The van der Waals surface area contributed by atoms with Gasteiger partial charge < -0.3 is 20.1 Å². The van der Waals surface area contributed by atoms with E-state index in [0.717, 1.165) is 0 Å². The zero-order chi connectivity index (χ0) is 18.4. The van der Waals surface area contributed by atoms with Crippen LogP contribution in [0.3, 0.4) is 0 Å². The van der Waals surface area contributed by atoms with Crippen molar-refractivity contribution >= 4 is 29.3 Å². The number of nitrogens with one attached hydrogen (secondary N) is 2. The molecule has 2 N–H and O–H groups in total. The summed E-state index contributed by atoms with van der Waals surface area (Å²) in [5, 5.41) is 5.62. The molecule has 1 aliphatic heterocycles. The number of fused-ring (bicyclic) bond motifs is 1. The average molecular weight is 372 g/mol. The van der Waals surface area contributed by atoms with Gasteiger partial charge >= 0.3 is 0 Å². The Bertz CT molecular complexity index is 782. The van der Waals surface area contributed by atoms with E-state index in [-0.39, 0.29) is 11.8 Å². The molecule has 2 aromatic rings. The molecule has 1 atom stereocenters. The number of amides is 2. The third kappa shape index (κ3) is 4.49. The molecule has 0 saturated carbocycles. The minimum Gasteiger partial charge on any atom is -0.486 e. The zero-order valence-electron chi connectivity index (χ0n) is 14.4. The van der Waals surface area contributed by atoms with Gasteiger partial charge in [0.2, 0.25) is 5.91 Å². The molecule has 2 amide bonds. The number of thioether (sulfide) groups is 1. The molecule has 136 valence electrons. The van der Waals surface area contributed by atoms with E-state index in [4.69, 9.17) is 9.47 Å². The molecule has 0 radical (unpaired) electrons. The van der Waals surface area contributed by atoms with Crippen LogP contribution in [0.2, 0.25) is 0 Å². The highest BCUT2D eigenvalue weighted by molar-refractivity contribution is 7.98. The zero-order valence-corrected chi connectivity index (χ0v) is 15.2. The summed E-state index contributed by atoms with van der Waals surface area (Å²) in [6, 6.07) is 13.4. The topological polar surface area (TPSA) is 76.7 Å². The molecule has 3 rings (SSSR count). The van der Waals surface area contributed by atoms with Crippen LogP contribution in [0, 0.1) is 0 Å². The quantitative estimate of drug-likeness (QED) is 0.815. The average Bonchev–Trinajstić information content (AvgIpc) is 2.68. The maximum atomic E-state index is 12.6. The van der Waals surface area contributed by atoms with Crippen molar-refractivity contribution in [1.82, 2.24) is 5.32 Å². The highest BCUT2D eigenvalue weighted by Crippen LogP contribution is 2.32. The maximum absolute atomic E-state index is 12.6. The molecule has 0 saturated heterocycles. The van der Waals surface area contributed by atoms with Crippen molar-refractivity contribution in [3.8, 4) is 11.5 Å². The highest BCUT2D eigenvalue weighted by Gasteiger charge is 2.22. The number of anilines is 1. The van der Waals surface area contributed by atoms with E-state index in [9.17, 15) is 9.59 Å². The standard InChI is InChI=1S/C19H20N2O4S/c1-26-12-15(21-18(22)13-5-3-2-4-6-13)19(23)20-14-7-8-16-17(11-14)25-10-9-24-16/h2-8,11,15H,9-10,12H2,1H3,(H,20,23)(H,21,22). The van der Waals surface area contributed by atoms with Crippen molar-refractivity contribution in [2.45, 2.75) is 6.04 Å². The highest BCUT2D eigenvalue weighted by atomic mass is 32.2. The van der Waals surface area contributed by atoms with Gasteiger partial charge in [0.15, 0.2) is 11.5 Å². The summed E-state index contributed by atoms with van der Waals surface area (Å²) < 4.78 is 11.0. The van der Waals surface area contributed by atoms with Crippen molar-refractivity contribution in [3.05, 3.63) is 54.1 Å². The summed E-state index contributed by atoms with van der Waals surface area (Å²) in [5.74, 6) is 1.17. The first-order valence-corrected chi connectivity index (χ1v) is 9.62. The van der Waals surface area contributed by atoms with Gasteiger partial charge in [-0.1, -0.05) is 18.2 Å². The lowest BCUT2D eigenvalue weighted by Crippen LogP contribution is -2.45. The third-order valence-corrected chi connectivity index (χ3v) is 4.47. The number of carbonyl (C=O) groups is 2. The minimum atomic E-state index is -0.647. The van der Waals surface area contributed by atoms with E-state index in [2.05, 4.69) is 10.6 Å². The second-order valence-corrected chi connectivity index (χ2v) is 6.61. The van der Waals surface area contributed by atoms with Crippen molar-refractivity contribution in [2.75, 3.05) is 30.5 Å². The summed E-state index contributed by atoms with van der Waals surface area (Å²) in [5.41, 5.74) is 1.12. The van der Waals surface area contributed by atoms with Crippen LogP contribution in [0.25, 0.3) is 0 Å². The SMILES string of the molecule is CSCC(NC(=O)c1ccccc1)C(=O)Nc1ccc2c(c1)OCCO2. The Morgan fingerprint density at radius 1 is 1.08 bits per heavy atom. The van der Waals surface area contributed by atoms with Gasteiger partial charge in [-0.15, -0.1) is 0 Å². The molecular formula is C19H20N2O4S. The fourth-order valence-electron chi connectivity index (χ4n) is 2.53.